The maximum atomic E-state index is 12.4. The van der Waals surface area contributed by atoms with Crippen molar-refractivity contribution in [1.82, 2.24) is 14.8 Å². The third kappa shape index (κ3) is 6.44. The molecule has 0 aliphatic carbocycles. The van der Waals surface area contributed by atoms with E-state index in [0.717, 1.165) is 40.2 Å². The van der Waals surface area contributed by atoms with Crippen molar-refractivity contribution in [3.8, 4) is 22.4 Å². The van der Waals surface area contributed by atoms with E-state index in [1.807, 2.05) is 78.5 Å². The second kappa shape index (κ2) is 11.5. The molecule has 4 rings (SSSR count). The summed E-state index contributed by atoms with van der Waals surface area (Å²) in [5, 5.41) is 10.5. The number of rotatable bonds is 5. The van der Waals surface area contributed by atoms with Gasteiger partial charge in [0.05, 0.1) is 0 Å². The maximum absolute atomic E-state index is 12.4. The molecule has 2 heterocycles. The highest BCUT2D eigenvalue weighted by Gasteiger charge is 2.13. The number of hydrogen-bond donors (Lipinski definition) is 2. The Kier molecular flexibility index (Phi) is 8.20. The number of aromatic nitrogens is 3. The summed E-state index contributed by atoms with van der Waals surface area (Å²) in [4.78, 5) is 16.5. The van der Waals surface area contributed by atoms with Gasteiger partial charge in [0.15, 0.2) is 0 Å². The van der Waals surface area contributed by atoms with Crippen molar-refractivity contribution in [3.05, 3.63) is 84.8 Å². The van der Waals surface area contributed by atoms with E-state index in [0.29, 0.717) is 5.69 Å². The van der Waals surface area contributed by atoms with Crippen LogP contribution in [0.5, 0.6) is 0 Å². The highest BCUT2D eigenvalue weighted by molar-refractivity contribution is 7.51. The molecule has 0 saturated heterocycles. The van der Waals surface area contributed by atoms with Crippen LogP contribution in [-0.4, -0.2) is 29.2 Å². The molecule has 0 bridgehead atoms. The Morgan fingerprint density at radius 2 is 1.58 bits per heavy atom. The SMILES string of the molecule is CCn1cc(-c2cccc(NC(=O)Nc3cccc(C)c3)c2)c(-c2ccncc2)n1.O=S=O. The topological polar surface area (TPSA) is 106 Å². The molecular weight excluding hydrogens is 438 g/mol. The van der Waals surface area contributed by atoms with Crippen LogP contribution in [0.4, 0.5) is 16.2 Å². The van der Waals surface area contributed by atoms with Crippen molar-refractivity contribution in [2.24, 2.45) is 0 Å². The number of nitrogens with zero attached hydrogens (tertiary/aromatic N) is 3. The number of carbonyl (C=O) groups is 1. The molecule has 168 valence electrons. The monoisotopic (exact) mass is 461 g/mol. The Morgan fingerprint density at radius 3 is 2.21 bits per heavy atom. The molecule has 0 saturated carbocycles. The zero-order valence-corrected chi connectivity index (χ0v) is 19.0. The predicted octanol–water partition coefficient (Wildman–Crippen LogP) is 4.91. The molecule has 33 heavy (non-hydrogen) atoms. The summed E-state index contributed by atoms with van der Waals surface area (Å²) in [6.07, 6.45) is 5.55. The van der Waals surface area contributed by atoms with Crippen LogP contribution in [-0.2, 0) is 18.1 Å². The Balaban J connectivity index is 0.000000968. The molecule has 0 unspecified atom stereocenters. The molecule has 8 nitrogen and oxygen atoms in total. The fourth-order valence-electron chi connectivity index (χ4n) is 3.30. The van der Waals surface area contributed by atoms with E-state index in [1.165, 1.54) is 0 Å². The summed E-state index contributed by atoms with van der Waals surface area (Å²) in [6.45, 7) is 4.82. The molecule has 0 fully saturated rings. The normalized spacial score (nSPS) is 10.0. The van der Waals surface area contributed by atoms with Gasteiger partial charge in [-0.25, -0.2) is 4.79 Å². The number of nitrogens with one attached hydrogen (secondary N) is 2. The molecule has 2 amide bonds. The van der Waals surface area contributed by atoms with Gasteiger partial charge in [-0.3, -0.25) is 9.67 Å². The van der Waals surface area contributed by atoms with Crippen molar-refractivity contribution in [2.45, 2.75) is 20.4 Å². The lowest BCUT2D eigenvalue weighted by Crippen LogP contribution is -2.19. The molecule has 0 spiro atoms. The number of aryl methyl sites for hydroxylation is 2. The van der Waals surface area contributed by atoms with Crippen LogP contribution in [0.3, 0.4) is 0 Å². The summed E-state index contributed by atoms with van der Waals surface area (Å²) in [5.41, 5.74) is 6.44. The van der Waals surface area contributed by atoms with Crippen LogP contribution in [0.2, 0.25) is 0 Å². The second-order valence-corrected chi connectivity index (χ2v) is 7.22. The molecule has 4 aromatic rings. The fraction of sp³-hybridized carbons (Fsp3) is 0.125. The quantitative estimate of drug-likeness (QED) is 0.439. The Hall–Kier alpha value is -4.11. The van der Waals surface area contributed by atoms with E-state index in [9.17, 15) is 4.79 Å². The van der Waals surface area contributed by atoms with Gasteiger partial charge >= 0.3 is 17.6 Å². The van der Waals surface area contributed by atoms with Gasteiger partial charge in [-0.05, 0) is 61.4 Å². The van der Waals surface area contributed by atoms with E-state index in [1.54, 1.807) is 12.4 Å². The van der Waals surface area contributed by atoms with Crippen LogP contribution >= 0.6 is 0 Å². The first-order chi connectivity index (χ1) is 16.0. The number of urea groups is 1. The number of hydrogen-bond acceptors (Lipinski definition) is 5. The highest BCUT2D eigenvalue weighted by atomic mass is 32.1. The minimum Gasteiger partial charge on any atom is -0.308 e. The van der Waals surface area contributed by atoms with E-state index in [-0.39, 0.29) is 6.03 Å². The number of pyridine rings is 1. The standard InChI is InChI=1S/C24H23N5O.O2S/c1-3-29-16-22(23(28-29)18-10-12-25-13-11-18)19-7-5-9-21(15-19)27-24(30)26-20-8-4-6-17(2)14-20;1-3-2/h4-16H,3H2,1-2H3,(H2,26,27,30);. The third-order valence-electron chi connectivity index (χ3n) is 4.75. The summed E-state index contributed by atoms with van der Waals surface area (Å²) in [6, 6.07) is 19.1. The predicted molar refractivity (Wildman–Crippen MR) is 129 cm³/mol. The fourth-order valence-corrected chi connectivity index (χ4v) is 3.30. The lowest BCUT2D eigenvalue weighted by molar-refractivity contribution is 0.262. The van der Waals surface area contributed by atoms with Gasteiger partial charge in [0.25, 0.3) is 0 Å². The van der Waals surface area contributed by atoms with Gasteiger partial charge in [-0.2, -0.15) is 13.5 Å². The zero-order valence-electron chi connectivity index (χ0n) is 18.2. The van der Waals surface area contributed by atoms with Crippen LogP contribution < -0.4 is 10.6 Å². The lowest BCUT2D eigenvalue weighted by atomic mass is 10.0. The Morgan fingerprint density at radius 1 is 0.939 bits per heavy atom. The molecule has 0 atom stereocenters. The zero-order chi connectivity index (χ0) is 23.6. The highest BCUT2D eigenvalue weighted by Crippen LogP contribution is 2.32. The van der Waals surface area contributed by atoms with Gasteiger partial charge in [-0.15, -0.1) is 0 Å². The van der Waals surface area contributed by atoms with Crippen LogP contribution in [0.15, 0.2) is 79.3 Å². The van der Waals surface area contributed by atoms with Gasteiger partial charge in [0.1, 0.15) is 5.69 Å². The summed E-state index contributed by atoms with van der Waals surface area (Å²) < 4.78 is 18.5. The molecule has 0 radical (unpaired) electrons. The van der Waals surface area contributed by atoms with Gasteiger partial charge in [0, 0.05) is 47.6 Å². The van der Waals surface area contributed by atoms with Crippen molar-refractivity contribution >= 4 is 29.0 Å². The van der Waals surface area contributed by atoms with Gasteiger partial charge in [0.2, 0.25) is 0 Å². The molecule has 2 aromatic heterocycles. The first kappa shape index (κ1) is 23.6. The Bertz CT molecular complexity index is 1270. The van der Waals surface area contributed by atoms with Gasteiger partial charge < -0.3 is 10.6 Å². The largest absolute Gasteiger partial charge is 0.335 e. The van der Waals surface area contributed by atoms with E-state index >= 15 is 0 Å². The van der Waals surface area contributed by atoms with E-state index in [2.05, 4.69) is 22.5 Å². The third-order valence-corrected chi connectivity index (χ3v) is 4.75. The van der Waals surface area contributed by atoms with Gasteiger partial charge in [-0.1, -0.05) is 24.3 Å². The van der Waals surface area contributed by atoms with Crippen LogP contribution in [0.1, 0.15) is 12.5 Å². The van der Waals surface area contributed by atoms with Crippen LogP contribution in [0, 0.1) is 6.92 Å². The van der Waals surface area contributed by atoms with Crippen molar-refractivity contribution in [1.29, 1.82) is 0 Å². The molecular formula is C24H23N5O3S. The molecule has 9 heteroatoms. The minimum atomic E-state index is -0.750. The second-order valence-electron chi connectivity index (χ2n) is 7.08. The number of benzene rings is 2. The molecule has 2 aromatic carbocycles. The maximum Gasteiger partial charge on any atom is 0.335 e. The molecule has 0 aliphatic heterocycles. The van der Waals surface area contributed by atoms with Crippen molar-refractivity contribution in [3.63, 3.8) is 0 Å². The summed E-state index contributed by atoms with van der Waals surface area (Å²) in [5.74, 6) is 0. The van der Waals surface area contributed by atoms with E-state index < -0.39 is 11.6 Å². The first-order valence-electron chi connectivity index (χ1n) is 10.2. The average Bonchev–Trinajstić information content (AvgIpc) is 3.25. The summed E-state index contributed by atoms with van der Waals surface area (Å²) >= 11 is -0.750. The smallest absolute Gasteiger partial charge is 0.308 e. The molecule has 0 aliphatic rings. The number of anilines is 2. The van der Waals surface area contributed by atoms with E-state index in [4.69, 9.17) is 13.5 Å². The Labute approximate surface area is 195 Å². The van der Waals surface area contributed by atoms with Crippen molar-refractivity contribution in [2.75, 3.05) is 10.6 Å². The lowest BCUT2D eigenvalue weighted by Gasteiger charge is -2.10. The van der Waals surface area contributed by atoms with Crippen molar-refractivity contribution < 1.29 is 13.2 Å². The summed E-state index contributed by atoms with van der Waals surface area (Å²) in [7, 11) is 0. The molecule has 2 N–H and O–H groups in total. The average molecular weight is 462 g/mol. The number of carbonyl (C=O) groups excluding carboxylic acids is 1. The first-order valence-corrected chi connectivity index (χ1v) is 10.9. The minimum absolute atomic E-state index is 0.281. The van der Waals surface area contributed by atoms with Crippen LogP contribution in [0.25, 0.3) is 22.4 Å². The number of amides is 2.